The second-order valence-electron chi connectivity index (χ2n) is 2.81. The van der Waals surface area contributed by atoms with E-state index in [2.05, 4.69) is 9.71 Å². The van der Waals surface area contributed by atoms with Crippen molar-refractivity contribution in [3.63, 3.8) is 0 Å². The molecule has 0 aromatic carbocycles. The summed E-state index contributed by atoms with van der Waals surface area (Å²) in [6.45, 7) is 0.204. The van der Waals surface area contributed by atoms with Crippen LogP contribution in [0.1, 0.15) is 5.01 Å². The summed E-state index contributed by atoms with van der Waals surface area (Å²) < 4.78 is 26.6. The number of hydrogen-bond donors (Lipinski definition) is 1. The molecule has 0 aliphatic carbocycles. The number of thiophene rings is 1. The highest BCUT2D eigenvalue weighted by molar-refractivity contribution is 7.91. The van der Waals surface area contributed by atoms with Crippen LogP contribution in [0.25, 0.3) is 0 Å². The number of aromatic nitrogens is 1. The second-order valence-corrected chi connectivity index (χ2v) is 7.50. The quantitative estimate of drug-likeness (QED) is 0.941. The third kappa shape index (κ3) is 2.80. The molecule has 0 atom stereocenters. The van der Waals surface area contributed by atoms with Crippen molar-refractivity contribution in [3.8, 4) is 0 Å². The molecule has 0 radical (unpaired) electrons. The first-order valence-electron chi connectivity index (χ1n) is 4.21. The SMILES string of the molecule is O=S(=O)(NCc1nccs1)c1ccc(Cl)s1. The standard InChI is InChI=1S/C8H7ClN2O2S3/c9-6-1-2-8(15-6)16(12,13)11-5-7-10-3-4-14-7/h1-4,11H,5H2. The molecule has 0 amide bonds. The molecular weight excluding hydrogens is 288 g/mol. The minimum atomic E-state index is -3.46. The Morgan fingerprint density at radius 2 is 2.25 bits per heavy atom. The van der Waals surface area contributed by atoms with E-state index in [-0.39, 0.29) is 10.8 Å². The van der Waals surface area contributed by atoms with Gasteiger partial charge in [-0.15, -0.1) is 22.7 Å². The lowest BCUT2D eigenvalue weighted by Gasteiger charge is -2.01. The maximum atomic E-state index is 11.8. The smallest absolute Gasteiger partial charge is 0.248 e. The van der Waals surface area contributed by atoms with E-state index in [0.717, 1.165) is 16.3 Å². The molecule has 0 saturated carbocycles. The Morgan fingerprint density at radius 3 is 2.81 bits per heavy atom. The van der Waals surface area contributed by atoms with Gasteiger partial charge in [-0.1, -0.05) is 11.6 Å². The van der Waals surface area contributed by atoms with Crippen molar-refractivity contribution in [2.45, 2.75) is 10.8 Å². The van der Waals surface area contributed by atoms with Crippen molar-refractivity contribution in [3.05, 3.63) is 33.1 Å². The first-order valence-corrected chi connectivity index (χ1v) is 7.77. The van der Waals surface area contributed by atoms with Gasteiger partial charge in [-0.2, -0.15) is 0 Å². The molecule has 0 fully saturated rings. The molecule has 86 valence electrons. The summed E-state index contributed by atoms with van der Waals surface area (Å²) in [6, 6.07) is 3.04. The van der Waals surface area contributed by atoms with Crippen molar-refractivity contribution >= 4 is 44.3 Å². The number of hydrogen-bond acceptors (Lipinski definition) is 5. The average Bonchev–Trinajstić information content (AvgIpc) is 2.85. The highest BCUT2D eigenvalue weighted by Gasteiger charge is 2.16. The summed E-state index contributed by atoms with van der Waals surface area (Å²) in [5.41, 5.74) is 0. The molecule has 0 saturated heterocycles. The lowest BCUT2D eigenvalue weighted by atomic mass is 10.7. The Morgan fingerprint density at radius 1 is 1.44 bits per heavy atom. The van der Waals surface area contributed by atoms with Gasteiger partial charge in [0.2, 0.25) is 10.0 Å². The molecule has 4 nitrogen and oxygen atoms in total. The lowest BCUT2D eigenvalue weighted by molar-refractivity contribution is 0.583. The Balaban J connectivity index is 2.09. The number of nitrogens with zero attached hydrogens (tertiary/aromatic N) is 1. The monoisotopic (exact) mass is 294 g/mol. The zero-order valence-corrected chi connectivity index (χ0v) is 11.1. The van der Waals surface area contributed by atoms with Crippen molar-refractivity contribution < 1.29 is 8.42 Å². The first kappa shape index (κ1) is 12.0. The van der Waals surface area contributed by atoms with Gasteiger partial charge in [0.1, 0.15) is 9.22 Å². The molecule has 2 aromatic rings. The predicted molar refractivity (Wildman–Crippen MR) is 65.5 cm³/mol. The molecule has 0 aliphatic rings. The van der Waals surface area contributed by atoms with Crippen LogP contribution >= 0.6 is 34.3 Å². The largest absolute Gasteiger partial charge is 0.250 e. The number of thiazole rings is 1. The summed E-state index contributed by atoms with van der Waals surface area (Å²) >= 11 is 8.12. The molecule has 0 bridgehead atoms. The fourth-order valence-corrected chi connectivity index (χ4v) is 4.17. The van der Waals surface area contributed by atoms with E-state index in [1.165, 1.54) is 17.4 Å². The molecule has 2 aromatic heterocycles. The molecule has 1 N–H and O–H groups in total. The van der Waals surface area contributed by atoms with Gasteiger partial charge in [-0.25, -0.2) is 18.1 Å². The number of rotatable bonds is 4. The number of sulfonamides is 1. The molecule has 0 unspecified atom stereocenters. The van der Waals surface area contributed by atoms with Crippen molar-refractivity contribution in [2.24, 2.45) is 0 Å². The van der Waals surface area contributed by atoms with Crippen LogP contribution in [-0.2, 0) is 16.6 Å². The maximum Gasteiger partial charge on any atom is 0.250 e. The van der Waals surface area contributed by atoms with Gasteiger partial charge >= 0.3 is 0 Å². The molecule has 16 heavy (non-hydrogen) atoms. The van der Waals surface area contributed by atoms with E-state index in [1.807, 2.05) is 0 Å². The van der Waals surface area contributed by atoms with Crippen LogP contribution in [-0.4, -0.2) is 13.4 Å². The van der Waals surface area contributed by atoms with E-state index in [9.17, 15) is 8.42 Å². The molecule has 8 heteroatoms. The molecular formula is C8H7ClN2O2S3. The molecule has 2 rings (SSSR count). The van der Waals surface area contributed by atoms with Gasteiger partial charge in [-0.05, 0) is 12.1 Å². The zero-order valence-electron chi connectivity index (χ0n) is 7.88. The first-order chi connectivity index (χ1) is 7.58. The molecule has 0 spiro atoms. The number of nitrogens with one attached hydrogen (secondary N) is 1. The summed E-state index contributed by atoms with van der Waals surface area (Å²) in [5.74, 6) is 0. The van der Waals surface area contributed by atoms with Crippen molar-refractivity contribution in [1.29, 1.82) is 0 Å². The van der Waals surface area contributed by atoms with Crippen LogP contribution in [0.5, 0.6) is 0 Å². The van der Waals surface area contributed by atoms with Crippen LogP contribution in [0.2, 0.25) is 4.34 Å². The van der Waals surface area contributed by atoms with E-state index < -0.39 is 10.0 Å². The fraction of sp³-hybridized carbons (Fsp3) is 0.125. The van der Waals surface area contributed by atoms with E-state index in [1.54, 1.807) is 17.6 Å². The topological polar surface area (TPSA) is 59.1 Å². The fourth-order valence-electron chi connectivity index (χ4n) is 1.01. The summed E-state index contributed by atoms with van der Waals surface area (Å²) in [6.07, 6.45) is 1.64. The minimum absolute atomic E-state index is 0.204. The van der Waals surface area contributed by atoms with Gasteiger partial charge in [0.25, 0.3) is 0 Å². The van der Waals surface area contributed by atoms with Gasteiger partial charge in [-0.3, -0.25) is 0 Å². The van der Waals surface area contributed by atoms with Crippen LogP contribution < -0.4 is 4.72 Å². The second kappa shape index (κ2) is 4.80. The predicted octanol–water partition coefficient (Wildman–Crippen LogP) is 2.34. The van der Waals surface area contributed by atoms with E-state index in [0.29, 0.717) is 4.34 Å². The van der Waals surface area contributed by atoms with Crippen LogP contribution in [0.4, 0.5) is 0 Å². The lowest BCUT2D eigenvalue weighted by Crippen LogP contribution is -2.22. The van der Waals surface area contributed by atoms with Crippen LogP contribution in [0.15, 0.2) is 27.9 Å². The average molecular weight is 295 g/mol. The Labute approximate surface area is 106 Å². The van der Waals surface area contributed by atoms with Crippen molar-refractivity contribution in [2.75, 3.05) is 0 Å². The van der Waals surface area contributed by atoms with Gasteiger partial charge in [0, 0.05) is 11.6 Å². The van der Waals surface area contributed by atoms with Gasteiger partial charge < -0.3 is 0 Å². The minimum Gasteiger partial charge on any atom is -0.248 e. The summed E-state index contributed by atoms with van der Waals surface area (Å²) in [4.78, 5) is 3.99. The Hall–Kier alpha value is -0.470. The van der Waals surface area contributed by atoms with E-state index >= 15 is 0 Å². The van der Waals surface area contributed by atoms with Gasteiger partial charge in [0.05, 0.1) is 10.9 Å². The maximum absolute atomic E-state index is 11.8. The summed E-state index contributed by atoms with van der Waals surface area (Å²) in [5, 5.41) is 2.53. The zero-order chi connectivity index (χ0) is 11.6. The Kier molecular flexibility index (Phi) is 3.60. The normalized spacial score (nSPS) is 11.8. The highest BCUT2D eigenvalue weighted by Crippen LogP contribution is 2.25. The molecule has 0 aliphatic heterocycles. The number of halogens is 1. The highest BCUT2D eigenvalue weighted by atomic mass is 35.5. The van der Waals surface area contributed by atoms with Crippen LogP contribution in [0, 0.1) is 0 Å². The van der Waals surface area contributed by atoms with Crippen LogP contribution in [0.3, 0.4) is 0 Å². The summed E-state index contributed by atoms with van der Waals surface area (Å²) in [7, 11) is -3.46. The third-order valence-electron chi connectivity index (χ3n) is 1.71. The van der Waals surface area contributed by atoms with Gasteiger partial charge in [0.15, 0.2) is 0 Å². The van der Waals surface area contributed by atoms with Crippen molar-refractivity contribution in [1.82, 2.24) is 9.71 Å². The Bertz CT molecular complexity index is 562. The molecule has 2 heterocycles. The third-order valence-corrected chi connectivity index (χ3v) is 5.61. The van der Waals surface area contributed by atoms with E-state index in [4.69, 9.17) is 11.6 Å².